The Morgan fingerprint density at radius 2 is 1.81 bits per heavy atom. The fourth-order valence-electron chi connectivity index (χ4n) is 3.57. The zero-order chi connectivity index (χ0) is 18.8. The number of hydrogen-bond acceptors (Lipinski definition) is 4. The highest BCUT2D eigenvalue weighted by Gasteiger charge is 2.15. The van der Waals surface area contributed by atoms with Gasteiger partial charge in [-0.05, 0) is 44.3 Å². The third-order valence-electron chi connectivity index (χ3n) is 5.05. The molecule has 0 saturated heterocycles. The third kappa shape index (κ3) is 3.26. The number of fused-ring (bicyclic) bond motifs is 2. The van der Waals surface area contributed by atoms with E-state index in [1.54, 1.807) is 0 Å². The molecule has 4 aromatic rings. The Balaban J connectivity index is 1.84. The highest BCUT2D eigenvalue weighted by molar-refractivity contribution is 5.92. The minimum atomic E-state index is 0.767. The van der Waals surface area contributed by atoms with Crippen molar-refractivity contribution in [1.29, 1.82) is 0 Å². The standard InChI is InChI=1S/C22H25N5/c1-23-13-8-14-26(2)22-17-10-5-6-11-18(17)24-21(25-22)20-15-16-9-4-7-12-19(16)27(20)3/h4-7,9-12,15,23H,8,13-14H2,1-3H3. The minimum Gasteiger partial charge on any atom is -0.359 e. The molecule has 0 aliphatic heterocycles. The lowest BCUT2D eigenvalue weighted by molar-refractivity contribution is 0.710. The van der Waals surface area contributed by atoms with Gasteiger partial charge in [-0.2, -0.15) is 0 Å². The van der Waals surface area contributed by atoms with Gasteiger partial charge in [-0.25, -0.2) is 9.97 Å². The van der Waals surface area contributed by atoms with Crippen molar-refractivity contribution in [3.8, 4) is 11.5 Å². The largest absolute Gasteiger partial charge is 0.359 e. The summed E-state index contributed by atoms with van der Waals surface area (Å²) in [6.45, 7) is 1.93. The molecule has 0 fully saturated rings. The molecule has 0 saturated carbocycles. The average Bonchev–Trinajstić information content (AvgIpc) is 3.04. The molecule has 0 amide bonds. The molecule has 0 bridgehead atoms. The van der Waals surface area contributed by atoms with Crippen LogP contribution < -0.4 is 10.2 Å². The molecule has 5 heteroatoms. The summed E-state index contributed by atoms with van der Waals surface area (Å²) in [5.41, 5.74) is 3.20. The monoisotopic (exact) mass is 359 g/mol. The predicted molar refractivity (Wildman–Crippen MR) is 113 cm³/mol. The van der Waals surface area contributed by atoms with E-state index in [-0.39, 0.29) is 0 Å². The van der Waals surface area contributed by atoms with Gasteiger partial charge in [0, 0.05) is 36.9 Å². The van der Waals surface area contributed by atoms with Crippen molar-refractivity contribution < 1.29 is 0 Å². The maximum absolute atomic E-state index is 4.98. The summed E-state index contributed by atoms with van der Waals surface area (Å²) in [5.74, 6) is 1.75. The van der Waals surface area contributed by atoms with E-state index in [4.69, 9.17) is 9.97 Å². The Labute approximate surface area is 159 Å². The number of hydrogen-bond donors (Lipinski definition) is 1. The van der Waals surface area contributed by atoms with E-state index in [9.17, 15) is 0 Å². The molecule has 0 unspecified atom stereocenters. The van der Waals surface area contributed by atoms with E-state index in [0.29, 0.717) is 0 Å². The van der Waals surface area contributed by atoms with Crippen LogP contribution in [0.5, 0.6) is 0 Å². The van der Waals surface area contributed by atoms with E-state index in [1.165, 1.54) is 10.9 Å². The molecule has 2 aromatic heterocycles. The van der Waals surface area contributed by atoms with Crippen molar-refractivity contribution in [1.82, 2.24) is 19.9 Å². The Morgan fingerprint density at radius 3 is 2.63 bits per heavy atom. The fraction of sp³-hybridized carbons (Fsp3) is 0.273. The SMILES string of the molecule is CNCCCN(C)c1nc(-c2cc3ccccc3n2C)nc2ccccc12. The molecule has 4 rings (SSSR count). The van der Waals surface area contributed by atoms with Crippen LogP contribution >= 0.6 is 0 Å². The van der Waals surface area contributed by atoms with Crippen molar-refractivity contribution in [2.24, 2.45) is 7.05 Å². The van der Waals surface area contributed by atoms with Crippen molar-refractivity contribution in [3.63, 3.8) is 0 Å². The molecule has 0 radical (unpaired) electrons. The first kappa shape index (κ1) is 17.5. The first-order valence-electron chi connectivity index (χ1n) is 9.36. The predicted octanol–water partition coefficient (Wildman–Crippen LogP) is 3.83. The lowest BCUT2D eigenvalue weighted by Crippen LogP contribution is -2.23. The molecule has 0 aliphatic carbocycles. The summed E-state index contributed by atoms with van der Waals surface area (Å²) in [6.07, 6.45) is 1.06. The number of rotatable bonds is 6. The van der Waals surface area contributed by atoms with Gasteiger partial charge in [-0.3, -0.25) is 0 Å². The van der Waals surface area contributed by atoms with E-state index >= 15 is 0 Å². The summed E-state index contributed by atoms with van der Waals surface area (Å²) < 4.78 is 2.17. The number of nitrogens with one attached hydrogen (secondary N) is 1. The van der Waals surface area contributed by atoms with Gasteiger partial charge in [0.1, 0.15) is 5.82 Å². The molecule has 2 aromatic carbocycles. The zero-order valence-corrected chi connectivity index (χ0v) is 16.1. The zero-order valence-electron chi connectivity index (χ0n) is 16.1. The van der Waals surface area contributed by atoms with Crippen LogP contribution in [0.4, 0.5) is 5.82 Å². The van der Waals surface area contributed by atoms with Gasteiger partial charge >= 0.3 is 0 Å². The van der Waals surface area contributed by atoms with Gasteiger partial charge in [0.15, 0.2) is 5.82 Å². The van der Waals surface area contributed by atoms with Crippen LogP contribution in [-0.2, 0) is 7.05 Å². The molecule has 0 atom stereocenters. The van der Waals surface area contributed by atoms with Crippen molar-refractivity contribution in [3.05, 3.63) is 54.6 Å². The van der Waals surface area contributed by atoms with Crippen LogP contribution in [0.25, 0.3) is 33.3 Å². The van der Waals surface area contributed by atoms with Gasteiger partial charge < -0.3 is 14.8 Å². The summed E-state index contributed by atoms with van der Waals surface area (Å²) in [5, 5.41) is 5.50. The van der Waals surface area contributed by atoms with Crippen LogP contribution in [0, 0.1) is 0 Å². The third-order valence-corrected chi connectivity index (χ3v) is 5.05. The maximum atomic E-state index is 4.98. The number of aromatic nitrogens is 3. The molecule has 0 spiro atoms. The van der Waals surface area contributed by atoms with E-state index in [2.05, 4.69) is 71.3 Å². The van der Waals surface area contributed by atoms with E-state index in [0.717, 1.165) is 47.7 Å². The molecule has 0 aliphatic rings. The number of nitrogens with zero attached hydrogens (tertiary/aromatic N) is 4. The molecule has 5 nitrogen and oxygen atoms in total. The van der Waals surface area contributed by atoms with Crippen molar-refractivity contribution >= 4 is 27.6 Å². The normalized spacial score (nSPS) is 11.4. The molecule has 2 heterocycles. The second kappa shape index (κ2) is 7.37. The fourth-order valence-corrected chi connectivity index (χ4v) is 3.57. The maximum Gasteiger partial charge on any atom is 0.178 e. The highest BCUT2D eigenvalue weighted by atomic mass is 15.2. The minimum absolute atomic E-state index is 0.767. The quantitative estimate of drug-likeness (QED) is 0.532. The second-order valence-electron chi connectivity index (χ2n) is 6.91. The Kier molecular flexibility index (Phi) is 4.77. The van der Waals surface area contributed by atoms with E-state index < -0.39 is 0 Å². The van der Waals surface area contributed by atoms with Gasteiger partial charge in [0.25, 0.3) is 0 Å². The van der Waals surface area contributed by atoms with Crippen LogP contribution in [0.3, 0.4) is 0 Å². The Hall–Kier alpha value is -2.92. The topological polar surface area (TPSA) is 46.0 Å². The van der Waals surface area contributed by atoms with Crippen molar-refractivity contribution in [2.75, 3.05) is 32.1 Å². The van der Waals surface area contributed by atoms with Crippen LogP contribution in [0.15, 0.2) is 54.6 Å². The summed E-state index contributed by atoms with van der Waals surface area (Å²) in [7, 11) is 6.17. The number of benzene rings is 2. The van der Waals surface area contributed by atoms with Gasteiger partial charge in [0.05, 0.1) is 11.2 Å². The van der Waals surface area contributed by atoms with E-state index in [1.807, 2.05) is 19.2 Å². The number of para-hydroxylation sites is 2. The van der Waals surface area contributed by atoms with Gasteiger partial charge in [-0.1, -0.05) is 30.3 Å². The van der Waals surface area contributed by atoms with Gasteiger partial charge in [0.2, 0.25) is 0 Å². The first-order valence-corrected chi connectivity index (χ1v) is 9.36. The molecular formula is C22H25N5. The lowest BCUT2D eigenvalue weighted by atomic mass is 10.2. The molecule has 27 heavy (non-hydrogen) atoms. The summed E-state index contributed by atoms with van der Waals surface area (Å²) >= 11 is 0. The smallest absolute Gasteiger partial charge is 0.178 e. The highest BCUT2D eigenvalue weighted by Crippen LogP contribution is 2.30. The van der Waals surface area contributed by atoms with Crippen LogP contribution in [0.2, 0.25) is 0 Å². The van der Waals surface area contributed by atoms with Crippen LogP contribution in [0.1, 0.15) is 6.42 Å². The number of aryl methyl sites for hydroxylation is 1. The average molecular weight is 359 g/mol. The number of anilines is 1. The van der Waals surface area contributed by atoms with Crippen molar-refractivity contribution in [2.45, 2.75) is 6.42 Å². The lowest BCUT2D eigenvalue weighted by Gasteiger charge is -2.20. The van der Waals surface area contributed by atoms with Gasteiger partial charge in [-0.15, -0.1) is 0 Å². The first-order chi connectivity index (χ1) is 13.2. The Morgan fingerprint density at radius 1 is 1.04 bits per heavy atom. The summed E-state index contributed by atoms with van der Waals surface area (Å²) in [6, 6.07) is 18.8. The Bertz CT molecular complexity index is 1080. The van der Waals surface area contributed by atoms with Crippen LogP contribution in [-0.4, -0.2) is 41.7 Å². The molecular weight excluding hydrogens is 334 g/mol. The summed E-state index contributed by atoms with van der Waals surface area (Å²) in [4.78, 5) is 12.1. The molecule has 1 N–H and O–H groups in total. The second-order valence-corrected chi connectivity index (χ2v) is 6.91. The molecule has 138 valence electrons.